The molecule has 1 amide bonds. The van der Waals surface area contributed by atoms with Crippen molar-refractivity contribution >= 4 is 17.5 Å². The molecule has 0 aromatic heterocycles. The lowest BCUT2D eigenvalue weighted by Gasteiger charge is -2.16. The average Bonchev–Trinajstić information content (AvgIpc) is 2.63. The van der Waals surface area contributed by atoms with Gasteiger partial charge in [0.25, 0.3) is 0 Å². The van der Waals surface area contributed by atoms with Crippen molar-refractivity contribution in [1.29, 1.82) is 0 Å². The van der Waals surface area contributed by atoms with E-state index in [1.807, 2.05) is 13.0 Å². The third-order valence-electron chi connectivity index (χ3n) is 3.12. The van der Waals surface area contributed by atoms with Crippen molar-refractivity contribution in [3.05, 3.63) is 22.7 Å². The van der Waals surface area contributed by atoms with Crippen LogP contribution in [0.2, 0.25) is 5.02 Å². The molecule has 104 valence electrons. The molecule has 5 heteroatoms. The van der Waals surface area contributed by atoms with Crippen LogP contribution >= 0.6 is 11.6 Å². The lowest BCUT2D eigenvalue weighted by atomic mass is 10.1. The largest absolute Gasteiger partial charge is 0.489 e. The van der Waals surface area contributed by atoms with E-state index >= 15 is 0 Å². The fraction of sp³-hybridized carbons (Fsp3) is 0.500. The molecule has 0 saturated heterocycles. The number of hydrogen-bond acceptors (Lipinski definition) is 3. The van der Waals surface area contributed by atoms with Crippen LogP contribution < -0.4 is 9.47 Å². The van der Waals surface area contributed by atoms with E-state index < -0.39 is 0 Å². The van der Waals surface area contributed by atoms with Gasteiger partial charge in [-0.2, -0.15) is 0 Å². The quantitative estimate of drug-likeness (QED) is 0.856. The summed E-state index contributed by atoms with van der Waals surface area (Å²) in [5, 5.41) is 0.501. The number of carbonyl (C=O) groups excluding carboxylic acids is 1. The third-order valence-corrected chi connectivity index (χ3v) is 3.40. The van der Waals surface area contributed by atoms with Crippen LogP contribution in [0, 0.1) is 0 Å². The molecule has 1 aliphatic heterocycles. The SMILES string of the molecule is CCN(C)C(=O)Cc1cc(Cl)c2c(c1)OCCCO2. The fourth-order valence-corrected chi connectivity index (χ4v) is 2.16. The van der Waals surface area contributed by atoms with E-state index in [9.17, 15) is 4.79 Å². The van der Waals surface area contributed by atoms with Crippen molar-refractivity contribution in [2.45, 2.75) is 19.8 Å². The highest BCUT2D eigenvalue weighted by Gasteiger charge is 2.17. The predicted octanol–water partition coefficient (Wildman–Crippen LogP) is 2.52. The number of likely N-dealkylation sites (N-methyl/N-ethyl adjacent to an activating group) is 1. The van der Waals surface area contributed by atoms with Crippen LogP contribution in [0.15, 0.2) is 12.1 Å². The van der Waals surface area contributed by atoms with Crippen LogP contribution in [-0.4, -0.2) is 37.6 Å². The second-order valence-corrected chi connectivity index (χ2v) is 4.95. The van der Waals surface area contributed by atoms with E-state index in [1.54, 1.807) is 18.0 Å². The topological polar surface area (TPSA) is 38.8 Å². The van der Waals surface area contributed by atoms with Crippen molar-refractivity contribution in [1.82, 2.24) is 4.90 Å². The summed E-state index contributed by atoms with van der Waals surface area (Å²) < 4.78 is 11.2. The van der Waals surface area contributed by atoms with Gasteiger partial charge in [0.15, 0.2) is 11.5 Å². The summed E-state index contributed by atoms with van der Waals surface area (Å²) in [6.45, 7) is 3.84. The molecule has 2 rings (SSSR count). The van der Waals surface area contributed by atoms with Crippen LogP contribution in [0.5, 0.6) is 11.5 Å². The molecule has 0 N–H and O–H groups in total. The summed E-state index contributed by atoms with van der Waals surface area (Å²) in [5.41, 5.74) is 0.847. The smallest absolute Gasteiger partial charge is 0.226 e. The first-order chi connectivity index (χ1) is 9.11. The van der Waals surface area contributed by atoms with Crippen LogP contribution in [-0.2, 0) is 11.2 Å². The van der Waals surface area contributed by atoms with Crippen LogP contribution in [0.25, 0.3) is 0 Å². The highest BCUT2D eigenvalue weighted by molar-refractivity contribution is 6.32. The lowest BCUT2D eigenvalue weighted by Crippen LogP contribution is -2.27. The van der Waals surface area contributed by atoms with Crippen molar-refractivity contribution in [3.63, 3.8) is 0 Å². The maximum atomic E-state index is 11.9. The number of nitrogens with zero attached hydrogens (tertiary/aromatic N) is 1. The Labute approximate surface area is 118 Å². The number of ether oxygens (including phenoxy) is 2. The standard InChI is InChI=1S/C14H18ClNO3/c1-3-16(2)13(17)9-10-7-11(15)14-12(8-10)18-5-4-6-19-14/h7-8H,3-6,9H2,1-2H3. The van der Waals surface area contributed by atoms with Gasteiger partial charge in [-0.1, -0.05) is 11.6 Å². The van der Waals surface area contributed by atoms with E-state index in [0.717, 1.165) is 12.0 Å². The zero-order valence-electron chi connectivity index (χ0n) is 11.2. The van der Waals surface area contributed by atoms with Crippen LogP contribution in [0.1, 0.15) is 18.9 Å². The maximum Gasteiger partial charge on any atom is 0.226 e. The number of amides is 1. The number of fused-ring (bicyclic) bond motifs is 1. The van der Waals surface area contributed by atoms with Crippen molar-refractivity contribution in [2.24, 2.45) is 0 Å². The second-order valence-electron chi connectivity index (χ2n) is 4.54. The van der Waals surface area contributed by atoms with Gasteiger partial charge in [0.1, 0.15) is 0 Å². The lowest BCUT2D eigenvalue weighted by molar-refractivity contribution is -0.128. The molecule has 19 heavy (non-hydrogen) atoms. The van der Waals surface area contributed by atoms with Gasteiger partial charge in [-0.25, -0.2) is 0 Å². The van der Waals surface area contributed by atoms with E-state index in [4.69, 9.17) is 21.1 Å². The van der Waals surface area contributed by atoms with Gasteiger partial charge in [-0.05, 0) is 24.6 Å². The number of hydrogen-bond donors (Lipinski definition) is 0. The molecule has 0 saturated carbocycles. The Morgan fingerprint density at radius 3 is 2.84 bits per heavy atom. The molecule has 0 unspecified atom stereocenters. The minimum atomic E-state index is 0.0630. The van der Waals surface area contributed by atoms with Gasteiger partial charge < -0.3 is 14.4 Å². The molecule has 1 heterocycles. The van der Waals surface area contributed by atoms with Gasteiger partial charge in [0.05, 0.1) is 24.7 Å². The Balaban J connectivity index is 2.21. The van der Waals surface area contributed by atoms with Crippen LogP contribution in [0.4, 0.5) is 0 Å². The summed E-state index contributed by atoms with van der Waals surface area (Å²) in [5.74, 6) is 1.28. The zero-order valence-corrected chi connectivity index (χ0v) is 12.0. The summed E-state index contributed by atoms with van der Waals surface area (Å²) in [4.78, 5) is 13.6. The van der Waals surface area contributed by atoms with Crippen molar-refractivity contribution in [3.8, 4) is 11.5 Å². The van der Waals surface area contributed by atoms with Crippen LogP contribution in [0.3, 0.4) is 0 Å². The van der Waals surface area contributed by atoms with Gasteiger partial charge >= 0.3 is 0 Å². The van der Waals surface area contributed by atoms with Crippen molar-refractivity contribution < 1.29 is 14.3 Å². The van der Waals surface area contributed by atoms with Gasteiger partial charge in [0.2, 0.25) is 5.91 Å². The minimum Gasteiger partial charge on any atom is -0.489 e. The zero-order chi connectivity index (χ0) is 13.8. The van der Waals surface area contributed by atoms with E-state index in [2.05, 4.69) is 0 Å². The predicted molar refractivity (Wildman–Crippen MR) is 74.1 cm³/mol. The normalized spacial score (nSPS) is 13.8. The highest BCUT2D eigenvalue weighted by Crippen LogP contribution is 2.38. The number of carbonyl (C=O) groups is 1. The number of halogens is 1. The number of rotatable bonds is 3. The molecular formula is C14H18ClNO3. The summed E-state index contributed by atoms with van der Waals surface area (Å²) >= 11 is 6.19. The molecule has 0 fully saturated rings. The van der Waals surface area contributed by atoms with Gasteiger partial charge in [-0.15, -0.1) is 0 Å². The Hall–Kier alpha value is -1.42. The summed E-state index contributed by atoms with van der Waals surface area (Å²) in [7, 11) is 1.78. The van der Waals surface area contributed by atoms with Gasteiger partial charge in [0, 0.05) is 20.0 Å². The Bertz CT molecular complexity index is 476. The molecule has 0 radical (unpaired) electrons. The number of benzene rings is 1. The first kappa shape index (κ1) is 14.0. The Morgan fingerprint density at radius 1 is 1.37 bits per heavy atom. The maximum absolute atomic E-state index is 11.9. The molecule has 0 atom stereocenters. The average molecular weight is 284 g/mol. The van der Waals surface area contributed by atoms with Gasteiger partial charge in [-0.3, -0.25) is 4.79 Å². The Kier molecular flexibility index (Phi) is 4.53. The Morgan fingerprint density at radius 2 is 2.11 bits per heavy atom. The molecule has 4 nitrogen and oxygen atoms in total. The molecule has 0 aliphatic carbocycles. The summed E-state index contributed by atoms with van der Waals surface area (Å²) in [6.07, 6.45) is 1.15. The molecule has 0 bridgehead atoms. The highest BCUT2D eigenvalue weighted by atomic mass is 35.5. The second kappa shape index (κ2) is 6.15. The van der Waals surface area contributed by atoms with E-state index in [0.29, 0.717) is 42.7 Å². The van der Waals surface area contributed by atoms with Crippen molar-refractivity contribution in [2.75, 3.05) is 26.8 Å². The van der Waals surface area contributed by atoms with E-state index in [-0.39, 0.29) is 5.91 Å². The molecular weight excluding hydrogens is 266 g/mol. The van der Waals surface area contributed by atoms with E-state index in [1.165, 1.54) is 0 Å². The molecule has 0 spiro atoms. The molecule has 1 aromatic rings. The fourth-order valence-electron chi connectivity index (χ4n) is 1.87. The first-order valence-corrected chi connectivity index (χ1v) is 6.81. The first-order valence-electron chi connectivity index (χ1n) is 6.43. The third kappa shape index (κ3) is 3.32. The summed E-state index contributed by atoms with van der Waals surface area (Å²) in [6, 6.07) is 3.62. The molecule has 1 aliphatic rings. The molecule has 1 aromatic carbocycles. The minimum absolute atomic E-state index is 0.0630. The monoisotopic (exact) mass is 283 g/mol.